The second-order valence-electron chi connectivity index (χ2n) is 2.66. The molecule has 0 aromatic carbocycles. The summed E-state index contributed by atoms with van der Waals surface area (Å²) < 4.78 is 1.37. The van der Waals surface area contributed by atoms with Gasteiger partial charge in [-0.2, -0.15) is 0 Å². The Morgan fingerprint density at radius 1 is 1.31 bits per heavy atom. The first-order chi connectivity index (χ1) is 6.07. The number of hydrogen-bond donors (Lipinski definition) is 5. The van der Waals surface area contributed by atoms with Gasteiger partial charge in [-0.15, -0.1) is 0 Å². The summed E-state index contributed by atoms with van der Waals surface area (Å²) in [5.41, 5.74) is 0. The van der Waals surface area contributed by atoms with E-state index in [-0.39, 0.29) is 0 Å². The fourth-order valence-corrected chi connectivity index (χ4v) is 1.62. The van der Waals surface area contributed by atoms with Crippen molar-refractivity contribution >= 4 is 58.8 Å². The Hall–Kier alpha value is 0.770. The van der Waals surface area contributed by atoms with Gasteiger partial charge in [0.2, 0.25) is 4.32 Å². The van der Waals surface area contributed by atoms with Crippen LogP contribution in [0.3, 0.4) is 0 Å². The van der Waals surface area contributed by atoms with Crippen LogP contribution in [-0.2, 0) is 0 Å². The molecule has 0 aromatic rings. The highest BCUT2D eigenvalue weighted by atomic mass is 32.2. The highest BCUT2D eigenvalue weighted by Gasteiger charge is 2.11. The van der Waals surface area contributed by atoms with Gasteiger partial charge < -0.3 is 0 Å². The fourth-order valence-electron chi connectivity index (χ4n) is 0.966. The molecule has 0 aromatic heterocycles. The molecule has 6 heteroatoms. The van der Waals surface area contributed by atoms with E-state index in [0.29, 0.717) is 4.38 Å². The van der Waals surface area contributed by atoms with Crippen LogP contribution in [0, 0.1) is 0 Å². The molecule has 0 saturated heterocycles. The first kappa shape index (κ1) is 13.8. The maximum Gasteiger partial charge on any atom is 0.262 e. The number of hydrogen-bond acceptors (Lipinski definition) is 1. The van der Waals surface area contributed by atoms with Gasteiger partial charge in [0.05, 0.1) is 6.54 Å². The molecule has 0 spiro atoms. The summed E-state index contributed by atoms with van der Waals surface area (Å²) in [6, 6.07) is 0. The van der Waals surface area contributed by atoms with Crippen molar-refractivity contribution in [3.8, 4) is 0 Å². The maximum atomic E-state index is 5.02. The van der Waals surface area contributed by atoms with Gasteiger partial charge in [0.1, 0.15) is 6.54 Å². The van der Waals surface area contributed by atoms with Gasteiger partial charge in [-0.3, -0.25) is 4.90 Å². The zero-order valence-electron chi connectivity index (χ0n) is 7.58. The molecule has 0 aliphatic heterocycles. The number of thiocarbonyl (C=S) groups is 1. The summed E-state index contributed by atoms with van der Waals surface area (Å²) in [5, 5.41) is 0. The first-order valence-electron chi connectivity index (χ1n) is 4.14. The number of quaternary nitrogens is 1. The molecular weight excluding hydrogens is 240 g/mol. The molecule has 0 saturated carbocycles. The average molecular weight is 256 g/mol. The zero-order valence-corrected chi connectivity index (χ0v) is 11.1. The molecule has 0 fully saturated rings. The molecule has 76 valence electrons. The lowest BCUT2D eigenvalue weighted by molar-refractivity contribution is -0.809. The van der Waals surface area contributed by atoms with Crippen molar-refractivity contribution in [2.45, 2.75) is 13.3 Å². The van der Waals surface area contributed by atoms with E-state index in [4.69, 9.17) is 12.2 Å². The maximum absolute atomic E-state index is 5.02. The third-order valence-electron chi connectivity index (χ3n) is 1.56. The van der Waals surface area contributed by atoms with Crippen LogP contribution in [0.25, 0.3) is 0 Å². The lowest BCUT2D eigenvalue weighted by Crippen LogP contribution is -3.15. The van der Waals surface area contributed by atoms with Crippen molar-refractivity contribution in [2.24, 2.45) is 0 Å². The normalized spacial score (nSPS) is 12.3. The van der Waals surface area contributed by atoms with Crippen LogP contribution in [0.1, 0.15) is 13.3 Å². The van der Waals surface area contributed by atoms with E-state index in [1.807, 2.05) is 0 Å². The average Bonchev–Trinajstić information content (AvgIpc) is 2.02. The van der Waals surface area contributed by atoms with Crippen LogP contribution in [0.15, 0.2) is 0 Å². The monoisotopic (exact) mass is 256 g/mol. The first-order valence-corrected chi connectivity index (χ1v) is 5.89. The SMILES string of the molecule is CCC[NH+](CC[NH+]=C(S)S)C(=S)S. The van der Waals surface area contributed by atoms with Crippen molar-refractivity contribution in [1.29, 1.82) is 0 Å². The molecule has 0 aliphatic carbocycles. The summed E-state index contributed by atoms with van der Waals surface area (Å²) in [6.07, 6.45) is 1.11. The van der Waals surface area contributed by atoms with E-state index in [1.165, 1.54) is 4.90 Å². The number of thiol groups is 3. The Morgan fingerprint density at radius 3 is 2.31 bits per heavy atom. The Bertz CT molecular complexity index is 189. The standard InChI is InChI=1S/C7H14N2S4/c1-2-4-9(7(12)13)5-3-8-6(10)11/h2-5H2,1H3,(H,12,13)(H2,8,10,11)/p+2. The van der Waals surface area contributed by atoms with Crippen molar-refractivity contribution in [1.82, 2.24) is 0 Å². The number of rotatable bonds is 5. The van der Waals surface area contributed by atoms with Crippen LogP contribution in [0.5, 0.6) is 0 Å². The lowest BCUT2D eigenvalue weighted by Gasteiger charge is -2.12. The van der Waals surface area contributed by atoms with Crippen LogP contribution < -0.4 is 9.89 Å². The van der Waals surface area contributed by atoms with Gasteiger partial charge in [0.25, 0.3) is 4.38 Å². The van der Waals surface area contributed by atoms with Gasteiger partial charge in [-0.1, -0.05) is 44.8 Å². The van der Waals surface area contributed by atoms with Gasteiger partial charge in [0.15, 0.2) is 6.54 Å². The molecule has 13 heavy (non-hydrogen) atoms. The third-order valence-corrected chi connectivity index (χ3v) is 2.49. The molecule has 0 radical (unpaired) electrons. The van der Waals surface area contributed by atoms with Crippen LogP contribution >= 0.6 is 50.1 Å². The van der Waals surface area contributed by atoms with Crippen molar-refractivity contribution in [3.63, 3.8) is 0 Å². The predicted molar refractivity (Wildman–Crippen MR) is 71.4 cm³/mol. The molecule has 1 atom stereocenters. The van der Waals surface area contributed by atoms with Crippen molar-refractivity contribution in [2.75, 3.05) is 19.6 Å². The van der Waals surface area contributed by atoms with E-state index in [9.17, 15) is 0 Å². The van der Waals surface area contributed by atoms with Crippen LogP contribution in [0.2, 0.25) is 0 Å². The Morgan fingerprint density at radius 2 is 1.92 bits per heavy atom. The summed E-state index contributed by atoms with van der Waals surface area (Å²) >= 11 is 17.2. The molecular formula is C7H16N2S4+2. The van der Waals surface area contributed by atoms with E-state index in [1.54, 1.807) is 0 Å². The topological polar surface area (TPSA) is 18.4 Å². The summed E-state index contributed by atoms with van der Waals surface area (Å²) in [6.45, 7) is 4.89. The van der Waals surface area contributed by atoms with Gasteiger partial charge in [-0.25, -0.2) is 4.99 Å². The quantitative estimate of drug-likeness (QED) is 0.181. The lowest BCUT2D eigenvalue weighted by atomic mass is 10.4. The minimum absolute atomic E-state index is 0.640. The Balaban J connectivity index is 3.83. The van der Waals surface area contributed by atoms with E-state index < -0.39 is 0 Å². The fraction of sp³-hybridized carbons (Fsp3) is 0.714. The van der Waals surface area contributed by atoms with Crippen LogP contribution in [0.4, 0.5) is 0 Å². The molecule has 1 unspecified atom stereocenters. The minimum Gasteiger partial charge on any atom is -0.282 e. The molecule has 2 nitrogen and oxygen atoms in total. The zero-order chi connectivity index (χ0) is 10.3. The second kappa shape index (κ2) is 8.11. The second-order valence-corrected chi connectivity index (χ2v) is 5.06. The smallest absolute Gasteiger partial charge is 0.262 e. The molecule has 0 rings (SSSR count). The van der Waals surface area contributed by atoms with E-state index in [2.05, 4.69) is 49.8 Å². The van der Waals surface area contributed by atoms with Gasteiger partial charge in [-0.05, 0) is 18.6 Å². The molecule has 0 bridgehead atoms. The molecule has 0 aliphatic rings. The van der Waals surface area contributed by atoms with Crippen molar-refractivity contribution < 1.29 is 9.89 Å². The largest absolute Gasteiger partial charge is 0.282 e. The summed E-state index contributed by atoms with van der Waals surface area (Å²) in [5.74, 6) is 0. The Kier molecular flexibility index (Phi) is 8.59. The minimum atomic E-state index is 0.640. The predicted octanol–water partition coefficient (Wildman–Crippen LogP) is -1.21. The van der Waals surface area contributed by atoms with E-state index in [0.717, 1.165) is 30.4 Å². The highest BCUT2D eigenvalue weighted by molar-refractivity contribution is 8.23. The van der Waals surface area contributed by atoms with E-state index >= 15 is 0 Å². The van der Waals surface area contributed by atoms with Crippen molar-refractivity contribution in [3.05, 3.63) is 0 Å². The molecule has 0 amide bonds. The van der Waals surface area contributed by atoms with Gasteiger partial charge in [0, 0.05) is 0 Å². The Labute approximate surface area is 101 Å². The van der Waals surface area contributed by atoms with Crippen LogP contribution in [-0.4, -0.2) is 28.3 Å². The third kappa shape index (κ3) is 7.81. The molecule has 0 heterocycles. The molecule has 2 N–H and O–H groups in total. The number of nitrogens with one attached hydrogen (secondary N) is 2. The van der Waals surface area contributed by atoms with Gasteiger partial charge >= 0.3 is 0 Å². The highest BCUT2D eigenvalue weighted by Crippen LogP contribution is 1.75. The summed E-state index contributed by atoms with van der Waals surface area (Å²) in [4.78, 5) is 4.25. The summed E-state index contributed by atoms with van der Waals surface area (Å²) in [7, 11) is 0.